The first-order chi connectivity index (χ1) is 17.4. The van der Waals surface area contributed by atoms with Crippen molar-refractivity contribution < 1.29 is 36.6 Å². The lowest BCUT2D eigenvalue weighted by atomic mass is 10.0. The number of alkyl halides is 5. The number of carbonyl (C=O) groups excluding carboxylic acids is 1. The van der Waals surface area contributed by atoms with Gasteiger partial charge in [-0.3, -0.25) is 19.2 Å². The zero-order chi connectivity index (χ0) is 26.8. The number of benzene rings is 1. The number of nitrogens with zero attached hydrogens (tertiary/aromatic N) is 3. The van der Waals surface area contributed by atoms with Gasteiger partial charge in [0.2, 0.25) is 0 Å². The second kappa shape index (κ2) is 12.0. The number of nitrogens with one attached hydrogen (secondary N) is 1. The number of aliphatic carboxylic acids is 1. The third-order valence-corrected chi connectivity index (χ3v) is 6.67. The molecule has 1 amide bonds. The average molecular weight is 565 g/mol. The van der Waals surface area contributed by atoms with Crippen LogP contribution >= 0.6 is 12.4 Å². The van der Waals surface area contributed by atoms with E-state index < -0.39 is 48.5 Å². The Labute approximate surface area is 222 Å². The van der Waals surface area contributed by atoms with E-state index in [1.807, 2.05) is 0 Å². The van der Waals surface area contributed by atoms with Crippen LogP contribution in [0.3, 0.4) is 0 Å². The van der Waals surface area contributed by atoms with E-state index >= 15 is 0 Å². The maximum atomic E-state index is 13.7. The van der Waals surface area contributed by atoms with Gasteiger partial charge in [-0.2, -0.15) is 18.3 Å². The molecule has 0 radical (unpaired) electrons. The highest BCUT2D eigenvalue weighted by atomic mass is 35.5. The standard InChI is InChI=1S/C25H29F5N4O3.ClH/c26-24(27)9-3-10-33(15-24)11-8-17(12-22(35)36)31-23(37)20-13-21(34(32-20)14-16-6-7-16)18-4-1-2-5-19(18)25(28,29)30;/h1-2,4-5,13,16-17H,3,6-12,14-15H2,(H,31,37)(H,35,36);1H/t17-;/m0./s1. The maximum absolute atomic E-state index is 13.7. The molecule has 210 valence electrons. The van der Waals surface area contributed by atoms with Crippen molar-refractivity contribution in [2.45, 2.75) is 63.2 Å². The van der Waals surface area contributed by atoms with Crippen LogP contribution < -0.4 is 5.32 Å². The van der Waals surface area contributed by atoms with Crippen LogP contribution in [0.4, 0.5) is 22.0 Å². The highest BCUT2D eigenvalue weighted by molar-refractivity contribution is 5.94. The Balaban J connectivity index is 0.00000400. The van der Waals surface area contributed by atoms with Gasteiger partial charge in [-0.15, -0.1) is 12.4 Å². The zero-order valence-electron chi connectivity index (χ0n) is 20.5. The fourth-order valence-electron chi connectivity index (χ4n) is 4.65. The Bertz CT molecular complexity index is 1140. The normalized spacial score (nSPS) is 18.4. The van der Waals surface area contributed by atoms with Crippen molar-refractivity contribution in [3.8, 4) is 11.3 Å². The van der Waals surface area contributed by atoms with Gasteiger partial charge in [0.15, 0.2) is 5.69 Å². The predicted octanol–water partition coefficient (Wildman–Crippen LogP) is 5.10. The molecular weight excluding hydrogens is 535 g/mol. The Morgan fingerprint density at radius 2 is 1.92 bits per heavy atom. The summed E-state index contributed by atoms with van der Waals surface area (Å²) in [7, 11) is 0. The molecule has 1 aliphatic heterocycles. The molecule has 2 aliphatic rings. The van der Waals surface area contributed by atoms with Crippen LogP contribution in [0, 0.1) is 5.92 Å². The van der Waals surface area contributed by atoms with E-state index in [0.717, 1.165) is 18.9 Å². The number of halogens is 6. The first-order valence-corrected chi connectivity index (χ1v) is 12.3. The van der Waals surface area contributed by atoms with E-state index in [1.54, 1.807) is 4.90 Å². The summed E-state index contributed by atoms with van der Waals surface area (Å²) in [5.41, 5.74) is -0.931. The summed E-state index contributed by atoms with van der Waals surface area (Å²) in [5.74, 6) is -4.44. The van der Waals surface area contributed by atoms with Crippen LogP contribution in [-0.2, 0) is 17.5 Å². The smallest absolute Gasteiger partial charge is 0.417 e. The van der Waals surface area contributed by atoms with Gasteiger partial charge >= 0.3 is 12.1 Å². The number of piperidine rings is 1. The quantitative estimate of drug-likeness (QED) is 0.392. The lowest BCUT2D eigenvalue weighted by Crippen LogP contribution is -2.45. The van der Waals surface area contributed by atoms with Gasteiger partial charge in [0, 0.05) is 31.1 Å². The maximum Gasteiger partial charge on any atom is 0.417 e. The van der Waals surface area contributed by atoms with Gasteiger partial charge in [-0.05, 0) is 50.3 Å². The highest BCUT2D eigenvalue weighted by Crippen LogP contribution is 2.38. The Kier molecular flexibility index (Phi) is 9.40. The summed E-state index contributed by atoms with van der Waals surface area (Å²) in [4.78, 5) is 26.0. The minimum absolute atomic E-state index is 0. The van der Waals surface area contributed by atoms with Gasteiger partial charge < -0.3 is 10.4 Å². The SMILES string of the molecule is Cl.O=C(O)C[C@H](CCN1CCCC(F)(F)C1)NC(=O)c1cc(-c2ccccc2C(F)(F)F)n(CC2CC2)n1. The molecule has 1 aliphatic carbocycles. The van der Waals surface area contributed by atoms with E-state index in [-0.39, 0.29) is 54.7 Å². The topological polar surface area (TPSA) is 87.5 Å². The molecule has 2 fully saturated rings. The van der Waals surface area contributed by atoms with Gasteiger partial charge in [-0.25, -0.2) is 8.78 Å². The van der Waals surface area contributed by atoms with Crippen LogP contribution in [0.2, 0.25) is 0 Å². The third-order valence-electron chi connectivity index (χ3n) is 6.67. The van der Waals surface area contributed by atoms with Gasteiger partial charge in [0.1, 0.15) is 0 Å². The van der Waals surface area contributed by atoms with E-state index in [1.165, 1.54) is 28.9 Å². The lowest BCUT2D eigenvalue weighted by Gasteiger charge is -2.33. The molecule has 2 N–H and O–H groups in total. The predicted molar refractivity (Wildman–Crippen MR) is 131 cm³/mol. The minimum atomic E-state index is -4.61. The van der Waals surface area contributed by atoms with Crippen LogP contribution in [0.1, 0.15) is 54.6 Å². The van der Waals surface area contributed by atoms with Gasteiger partial charge in [0.05, 0.1) is 24.2 Å². The van der Waals surface area contributed by atoms with Crippen molar-refractivity contribution in [2.75, 3.05) is 19.6 Å². The number of aromatic nitrogens is 2. The molecule has 0 unspecified atom stereocenters. The number of hydrogen-bond acceptors (Lipinski definition) is 4. The molecule has 2 heterocycles. The number of amides is 1. The molecule has 1 aromatic carbocycles. The Morgan fingerprint density at radius 1 is 1.21 bits per heavy atom. The fraction of sp³-hybridized carbons (Fsp3) is 0.560. The van der Waals surface area contributed by atoms with E-state index in [4.69, 9.17) is 0 Å². The van der Waals surface area contributed by atoms with Crippen molar-refractivity contribution in [1.82, 2.24) is 20.0 Å². The minimum Gasteiger partial charge on any atom is -0.481 e. The van der Waals surface area contributed by atoms with Crippen molar-refractivity contribution in [2.24, 2.45) is 5.92 Å². The van der Waals surface area contributed by atoms with Crippen molar-refractivity contribution in [3.05, 3.63) is 41.6 Å². The van der Waals surface area contributed by atoms with Crippen LogP contribution in [-0.4, -0.2) is 63.3 Å². The third kappa shape index (κ3) is 7.89. The van der Waals surface area contributed by atoms with Gasteiger partial charge in [0.25, 0.3) is 11.8 Å². The Hall–Kier alpha value is -2.73. The molecule has 38 heavy (non-hydrogen) atoms. The number of hydrogen-bond donors (Lipinski definition) is 2. The Morgan fingerprint density at radius 3 is 2.55 bits per heavy atom. The molecule has 1 saturated heterocycles. The largest absolute Gasteiger partial charge is 0.481 e. The lowest BCUT2D eigenvalue weighted by molar-refractivity contribution is -0.138. The van der Waals surface area contributed by atoms with Crippen molar-refractivity contribution in [1.29, 1.82) is 0 Å². The second-order valence-corrected chi connectivity index (χ2v) is 9.88. The monoisotopic (exact) mass is 564 g/mol. The molecule has 1 atom stereocenters. The zero-order valence-corrected chi connectivity index (χ0v) is 21.3. The highest BCUT2D eigenvalue weighted by Gasteiger charge is 2.36. The van der Waals surface area contributed by atoms with E-state index in [9.17, 15) is 36.6 Å². The van der Waals surface area contributed by atoms with Crippen LogP contribution in [0.25, 0.3) is 11.3 Å². The number of carbonyl (C=O) groups is 2. The first-order valence-electron chi connectivity index (χ1n) is 12.3. The molecule has 7 nitrogen and oxygen atoms in total. The number of likely N-dealkylation sites (tertiary alicyclic amines) is 1. The van der Waals surface area contributed by atoms with Crippen molar-refractivity contribution in [3.63, 3.8) is 0 Å². The van der Waals surface area contributed by atoms with Crippen LogP contribution in [0.15, 0.2) is 30.3 Å². The number of rotatable bonds is 10. The fourth-order valence-corrected chi connectivity index (χ4v) is 4.65. The van der Waals surface area contributed by atoms with Crippen LogP contribution in [0.5, 0.6) is 0 Å². The number of carboxylic acid groups (broad SMARTS) is 1. The molecular formula is C25H30ClF5N4O3. The summed E-state index contributed by atoms with van der Waals surface area (Å²) >= 11 is 0. The van der Waals surface area contributed by atoms with Gasteiger partial charge in [-0.1, -0.05) is 18.2 Å². The molecule has 1 saturated carbocycles. The molecule has 0 spiro atoms. The average Bonchev–Trinajstić information content (AvgIpc) is 3.52. The first kappa shape index (κ1) is 29.8. The summed E-state index contributed by atoms with van der Waals surface area (Å²) in [6.07, 6.45) is -2.95. The van der Waals surface area contributed by atoms with E-state index in [0.29, 0.717) is 19.5 Å². The van der Waals surface area contributed by atoms with E-state index in [2.05, 4.69) is 10.4 Å². The molecule has 2 aromatic rings. The number of carboxylic acids is 1. The summed E-state index contributed by atoms with van der Waals surface area (Å²) in [6.45, 7) is 0.565. The summed E-state index contributed by atoms with van der Waals surface area (Å²) in [6, 6.07) is 5.48. The molecule has 4 rings (SSSR count). The van der Waals surface area contributed by atoms with Crippen molar-refractivity contribution >= 4 is 24.3 Å². The molecule has 0 bridgehead atoms. The molecule has 1 aromatic heterocycles. The summed E-state index contributed by atoms with van der Waals surface area (Å²) in [5, 5.41) is 16.2. The summed E-state index contributed by atoms with van der Waals surface area (Å²) < 4.78 is 69.8. The second-order valence-electron chi connectivity index (χ2n) is 9.88. The molecule has 13 heteroatoms.